The van der Waals surface area contributed by atoms with Crippen molar-refractivity contribution < 1.29 is 22.7 Å². The summed E-state index contributed by atoms with van der Waals surface area (Å²) in [5.74, 6) is -0.961. The number of anilines is 2. The van der Waals surface area contributed by atoms with E-state index in [0.29, 0.717) is 21.4 Å². The van der Waals surface area contributed by atoms with Crippen molar-refractivity contribution >= 4 is 49.2 Å². The van der Waals surface area contributed by atoms with Gasteiger partial charge in [-0.25, -0.2) is 13.2 Å². The van der Waals surface area contributed by atoms with Gasteiger partial charge in [-0.05, 0) is 49.4 Å². The molecule has 0 heterocycles. The van der Waals surface area contributed by atoms with Crippen LogP contribution >= 0.6 is 15.9 Å². The lowest BCUT2D eigenvalue weighted by atomic mass is 10.2. The summed E-state index contributed by atoms with van der Waals surface area (Å²) >= 11 is 3.29. The molecule has 2 rings (SSSR count). The lowest BCUT2D eigenvalue weighted by Crippen LogP contribution is -2.37. The Labute approximate surface area is 166 Å². The number of halogens is 1. The Kier molecular flexibility index (Phi) is 6.98. The summed E-state index contributed by atoms with van der Waals surface area (Å²) in [6.45, 7) is 1.61. The highest BCUT2D eigenvalue weighted by molar-refractivity contribution is 9.10. The van der Waals surface area contributed by atoms with Gasteiger partial charge in [-0.1, -0.05) is 22.0 Å². The SMILES string of the molecule is CCOC(=O)c1ccc(NC(=O)CN(c2cccc(Br)c2)S(C)(=O)=O)cc1. The number of amides is 1. The highest BCUT2D eigenvalue weighted by atomic mass is 79.9. The number of nitrogens with zero attached hydrogens (tertiary/aromatic N) is 1. The molecule has 0 atom stereocenters. The van der Waals surface area contributed by atoms with E-state index in [1.807, 2.05) is 0 Å². The second kappa shape index (κ2) is 9.01. The van der Waals surface area contributed by atoms with Crippen molar-refractivity contribution in [3.8, 4) is 0 Å². The van der Waals surface area contributed by atoms with Gasteiger partial charge >= 0.3 is 5.97 Å². The zero-order valence-electron chi connectivity index (χ0n) is 14.8. The molecule has 0 aliphatic carbocycles. The van der Waals surface area contributed by atoms with Crippen molar-refractivity contribution in [1.82, 2.24) is 0 Å². The van der Waals surface area contributed by atoms with E-state index in [0.717, 1.165) is 10.6 Å². The minimum absolute atomic E-state index is 0.272. The topological polar surface area (TPSA) is 92.8 Å². The number of carbonyl (C=O) groups excluding carboxylic acids is 2. The van der Waals surface area contributed by atoms with Gasteiger partial charge in [0.15, 0.2) is 0 Å². The lowest BCUT2D eigenvalue weighted by molar-refractivity contribution is -0.114. The van der Waals surface area contributed by atoms with Crippen LogP contribution in [0.4, 0.5) is 11.4 Å². The van der Waals surface area contributed by atoms with Gasteiger partial charge in [0.25, 0.3) is 0 Å². The van der Waals surface area contributed by atoms with Crippen molar-refractivity contribution in [1.29, 1.82) is 0 Å². The van der Waals surface area contributed by atoms with Crippen LogP contribution in [0.25, 0.3) is 0 Å². The molecule has 1 amide bonds. The molecular formula is C18H19BrN2O5S. The van der Waals surface area contributed by atoms with Gasteiger partial charge in [0, 0.05) is 10.2 Å². The minimum Gasteiger partial charge on any atom is -0.462 e. The Bertz CT molecular complexity index is 929. The molecule has 0 bridgehead atoms. The molecule has 0 aliphatic rings. The Morgan fingerprint density at radius 3 is 2.37 bits per heavy atom. The number of nitrogens with one attached hydrogen (secondary N) is 1. The molecule has 0 fully saturated rings. The maximum Gasteiger partial charge on any atom is 0.338 e. The summed E-state index contributed by atoms with van der Waals surface area (Å²) < 4.78 is 30.8. The van der Waals surface area contributed by atoms with E-state index < -0.39 is 21.9 Å². The van der Waals surface area contributed by atoms with Gasteiger partial charge in [0.2, 0.25) is 15.9 Å². The summed E-state index contributed by atoms with van der Waals surface area (Å²) in [4.78, 5) is 24.0. The van der Waals surface area contributed by atoms with E-state index in [1.54, 1.807) is 43.3 Å². The summed E-state index contributed by atoms with van der Waals surface area (Å²) in [6.07, 6.45) is 1.04. The monoisotopic (exact) mass is 454 g/mol. The quantitative estimate of drug-likeness (QED) is 0.648. The van der Waals surface area contributed by atoms with Crippen LogP contribution in [0.1, 0.15) is 17.3 Å². The zero-order chi connectivity index (χ0) is 20.0. The van der Waals surface area contributed by atoms with Crippen LogP contribution in [0.3, 0.4) is 0 Å². The number of ether oxygens (including phenoxy) is 1. The maximum atomic E-state index is 12.3. The van der Waals surface area contributed by atoms with Crippen LogP contribution in [0, 0.1) is 0 Å². The Hall–Kier alpha value is -2.39. The van der Waals surface area contributed by atoms with Crippen LogP contribution in [-0.4, -0.2) is 39.7 Å². The summed E-state index contributed by atoms with van der Waals surface area (Å²) in [5.41, 5.74) is 1.18. The number of esters is 1. The van der Waals surface area contributed by atoms with Crippen molar-refractivity contribution in [3.63, 3.8) is 0 Å². The van der Waals surface area contributed by atoms with Gasteiger partial charge in [-0.2, -0.15) is 0 Å². The van der Waals surface area contributed by atoms with Crippen LogP contribution in [0.2, 0.25) is 0 Å². The third-order valence-corrected chi connectivity index (χ3v) is 5.10. The van der Waals surface area contributed by atoms with Crippen LogP contribution in [-0.2, 0) is 19.6 Å². The number of hydrogen-bond acceptors (Lipinski definition) is 5. The Morgan fingerprint density at radius 1 is 1.15 bits per heavy atom. The molecule has 0 aliphatic heterocycles. The van der Waals surface area contributed by atoms with E-state index >= 15 is 0 Å². The van der Waals surface area contributed by atoms with Crippen molar-refractivity contribution in [3.05, 3.63) is 58.6 Å². The van der Waals surface area contributed by atoms with Gasteiger partial charge < -0.3 is 10.1 Å². The van der Waals surface area contributed by atoms with E-state index in [2.05, 4.69) is 21.2 Å². The number of sulfonamides is 1. The summed E-state index contributed by atoms with van der Waals surface area (Å²) in [5, 5.41) is 2.62. The van der Waals surface area contributed by atoms with Crippen molar-refractivity contribution in [2.24, 2.45) is 0 Å². The number of hydrogen-bond donors (Lipinski definition) is 1. The van der Waals surface area contributed by atoms with Gasteiger partial charge in [0.05, 0.1) is 24.1 Å². The molecule has 27 heavy (non-hydrogen) atoms. The predicted molar refractivity (Wildman–Crippen MR) is 107 cm³/mol. The first kappa shape index (κ1) is 20.9. The second-order valence-corrected chi connectivity index (χ2v) is 8.42. The molecule has 2 aromatic rings. The molecular weight excluding hydrogens is 436 g/mol. The number of carbonyl (C=O) groups is 2. The molecule has 1 N–H and O–H groups in total. The van der Waals surface area contributed by atoms with E-state index in [9.17, 15) is 18.0 Å². The predicted octanol–water partition coefficient (Wildman–Crippen LogP) is 3.03. The third kappa shape index (κ3) is 6.07. The van der Waals surface area contributed by atoms with Crippen LogP contribution in [0.5, 0.6) is 0 Å². The second-order valence-electron chi connectivity index (χ2n) is 5.60. The maximum absolute atomic E-state index is 12.3. The normalized spacial score (nSPS) is 10.9. The van der Waals surface area contributed by atoms with E-state index in [-0.39, 0.29) is 13.2 Å². The van der Waals surface area contributed by atoms with Crippen molar-refractivity contribution in [2.45, 2.75) is 6.92 Å². The first-order chi connectivity index (χ1) is 12.7. The average molecular weight is 455 g/mol. The molecule has 0 spiro atoms. The first-order valence-electron chi connectivity index (χ1n) is 8.01. The van der Waals surface area contributed by atoms with Crippen molar-refractivity contribution in [2.75, 3.05) is 29.0 Å². The zero-order valence-corrected chi connectivity index (χ0v) is 17.2. The molecule has 0 unspecified atom stereocenters. The molecule has 7 nitrogen and oxygen atoms in total. The smallest absolute Gasteiger partial charge is 0.338 e. The fraction of sp³-hybridized carbons (Fsp3) is 0.222. The highest BCUT2D eigenvalue weighted by Crippen LogP contribution is 2.22. The molecule has 0 saturated carbocycles. The Balaban J connectivity index is 2.11. The average Bonchev–Trinajstić information content (AvgIpc) is 2.59. The van der Waals surface area contributed by atoms with Gasteiger partial charge in [-0.3, -0.25) is 9.10 Å². The fourth-order valence-electron chi connectivity index (χ4n) is 2.27. The van der Waals surface area contributed by atoms with E-state index in [4.69, 9.17) is 4.74 Å². The van der Waals surface area contributed by atoms with Gasteiger partial charge in [0.1, 0.15) is 6.54 Å². The summed E-state index contributed by atoms with van der Waals surface area (Å²) in [7, 11) is -3.66. The fourth-order valence-corrected chi connectivity index (χ4v) is 3.50. The molecule has 0 aromatic heterocycles. The Morgan fingerprint density at radius 2 is 1.81 bits per heavy atom. The van der Waals surface area contributed by atoms with Crippen LogP contribution in [0.15, 0.2) is 53.0 Å². The molecule has 2 aromatic carbocycles. The highest BCUT2D eigenvalue weighted by Gasteiger charge is 2.21. The number of rotatable bonds is 7. The molecule has 0 saturated heterocycles. The standard InChI is InChI=1S/C18H19BrN2O5S/c1-3-26-18(23)13-7-9-15(10-8-13)20-17(22)12-21(27(2,24)25)16-6-4-5-14(19)11-16/h4-11H,3,12H2,1-2H3,(H,20,22). The molecule has 0 radical (unpaired) electrons. The number of benzene rings is 2. The molecule has 144 valence electrons. The molecule has 9 heteroatoms. The third-order valence-electron chi connectivity index (χ3n) is 3.46. The largest absolute Gasteiger partial charge is 0.462 e. The minimum atomic E-state index is -3.66. The lowest BCUT2D eigenvalue weighted by Gasteiger charge is -2.22. The first-order valence-corrected chi connectivity index (χ1v) is 10.6. The van der Waals surface area contributed by atoms with E-state index in [1.165, 1.54) is 12.1 Å². The van der Waals surface area contributed by atoms with Crippen LogP contribution < -0.4 is 9.62 Å². The summed E-state index contributed by atoms with van der Waals surface area (Å²) in [6, 6.07) is 12.8. The van der Waals surface area contributed by atoms with Gasteiger partial charge in [-0.15, -0.1) is 0 Å².